The molecule has 0 spiro atoms. The Kier molecular flexibility index (Phi) is 5.36. The molecule has 25 heavy (non-hydrogen) atoms. The molecule has 5 nitrogen and oxygen atoms in total. The van der Waals surface area contributed by atoms with Gasteiger partial charge in [-0.05, 0) is 36.6 Å². The first-order valence-electron chi connectivity index (χ1n) is 8.28. The molecular formula is C18H22FN3O2S. The van der Waals surface area contributed by atoms with Crippen LogP contribution in [0.1, 0.15) is 18.4 Å². The lowest BCUT2D eigenvalue weighted by molar-refractivity contribution is 0.200. The Bertz CT molecular complexity index is 819. The van der Waals surface area contributed by atoms with E-state index in [1.165, 1.54) is 11.6 Å². The van der Waals surface area contributed by atoms with Gasteiger partial charge in [-0.25, -0.2) is 17.5 Å². The minimum atomic E-state index is -3.82. The molecule has 1 aliphatic rings. The summed E-state index contributed by atoms with van der Waals surface area (Å²) in [6.45, 7) is 2.47. The Morgan fingerprint density at radius 3 is 2.48 bits per heavy atom. The Balaban J connectivity index is 1.59. The van der Waals surface area contributed by atoms with Gasteiger partial charge in [-0.2, -0.15) is 0 Å². The van der Waals surface area contributed by atoms with Crippen LogP contribution in [0.5, 0.6) is 0 Å². The predicted octanol–water partition coefficient (Wildman–Crippen LogP) is 2.35. The van der Waals surface area contributed by atoms with Crippen molar-refractivity contribution in [1.82, 2.24) is 9.62 Å². The SMILES string of the molecule is Nc1ccc(F)cc1S(=O)(=O)NC1CCN(Cc2ccccc2)CC1. The Labute approximate surface area is 147 Å². The van der Waals surface area contributed by atoms with E-state index in [-0.39, 0.29) is 16.6 Å². The number of nitrogens with one attached hydrogen (secondary N) is 1. The van der Waals surface area contributed by atoms with Crippen LogP contribution in [-0.2, 0) is 16.6 Å². The molecule has 0 aromatic heterocycles. The van der Waals surface area contributed by atoms with Gasteiger partial charge >= 0.3 is 0 Å². The molecule has 0 amide bonds. The third kappa shape index (κ3) is 4.56. The lowest BCUT2D eigenvalue weighted by Crippen LogP contribution is -2.44. The first-order chi connectivity index (χ1) is 11.9. The fraction of sp³-hybridized carbons (Fsp3) is 0.333. The van der Waals surface area contributed by atoms with Gasteiger partial charge < -0.3 is 5.73 Å². The third-order valence-electron chi connectivity index (χ3n) is 4.42. The minimum Gasteiger partial charge on any atom is -0.398 e. The van der Waals surface area contributed by atoms with E-state index in [2.05, 4.69) is 21.8 Å². The molecule has 0 radical (unpaired) electrons. The molecule has 2 aromatic carbocycles. The third-order valence-corrected chi connectivity index (χ3v) is 6.00. The van der Waals surface area contributed by atoms with Crippen LogP contribution in [0.25, 0.3) is 0 Å². The summed E-state index contributed by atoms with van der Waals surface area (Å²) in [6.07, 6.45) is 1.42. The highest BCUT2D eigenvalue weighted by Crippen LogP contribution is 2.21. The molecule has 0 bridgehead atoms. The molecule has 1 aliphatic heterocycles. The molecule has 3 N–H and O–H groups in total. The van der Waals surface area contributed by atoms with Crippen molar-refractivity contribution >= 4 is 15.7 Å². The number of rotatable bonds is 5. The Hall–Kier alpha value is -1.96. The predicted molar refractivity (Wildman–Crippen MR) is 95.9 cm³/mol. The van der Waals surface area contributed by atoms with E-state index < -0.39 is 15.8 Å². The van der Waals surface area contributed by atoms with Crippen molar-refractivity contribution in [2.75, 3.05) is 18.8 Å². The number of hydrogen-bond donors (Lipinski definition) is 2. The monoisotopic (exact) mass is 363 g/mol. The molecule has 1 saturated heterocycles. The Morgan fingerprint density at radius 2 is 1.80 bits per heavy atom. The summed E-state index contributed by atoms with van der Waals surface area (Å²) >= 11 is 0. The van der Waals surface area contributed by atoms with Gasteiger partial charge in [0.15, 0.2) is 0 Å². The van der Waals surface area contributed by atoms with Gasteiger partial charge in [0, 0.05) is 25.7 Å². The van der Waals surface area contributed by atoms with Gasteiger partial charge in [0.05, 0.1) is 5.69 Å². The van der Waals surface area contributed by atoms with Crippen molar-refractivity contribution < 1.29 is 12.8 Å². The van der Waals surface area contributed by atoms with E-state index >= 15 is 0 Å². The molecule has 134 valence electrons. The number of nitrogen functional groups attached to an aromatic ring is 1. The van der Waals surface area contributed by atoms with Crippen molar-refractivity contribution in [3.63, 3.8) is 0 Å². The average molecular weight is 363 g/mol. The summed E-state index contributed by atoms with van der Waals surface area (Å²) in [5.41, 5.74) is 6.99. The van der Waals surface area contributed by atoms with Gasteiger partial charge in [0.25, 0.3) is 0 Å². The molecule has 0 unspecified atom stereocenters. The van der Waals surface area contributed by atoms with Crippen LogP contribution in [0.4, 0.5) is 10.1 Å². The lowest BCUT2D eigenvalue weighted by Gasteiger charge is -2.32. The first kappa shape index (κ1) is 17.8. The number of sulfonamides is 1. The number of likely N-dealkylation sites (tertiary alicyclic amines) is 1. The molecule has 1 heterocycles. The number of nitrogens with zero attached hydrogens (tertiary/aromatic N) is 1. The fourth-order valence-corrected chi connectivity index (χ4v) is 4.52. The second kappa shape index (κ2) is 7.51. The summed E-state index contributed by atoms with van der Waals surface area (Å²) in [4.78, 5) is 2.11. The van der Waals surface area contributed by atoms with Crippen LogP contribution < -0.4 is 10.5 Å². The number of benzene rings is 2. The number of halogens is 1. The van der Waals surface area contributed by atoms with Gasteiger partial charge in [-0.15, -0.1) is 0 Å². The molecule has 7 heteroatoms. The number of piperidine rings is 1. The van der Waals surface area contributed by atoms with Crippen LogP contribution in [0.3, 0.4) is 0 Å². The summed E-state index contributed by atoms with van der Waals surface area (Å²) < 4.78 is 41.0. The zero-order valence-electron chi connectivity index (χ0n) is 13.9. The van der Waals surface area contributed by atoms with Crippen LogP contribution in [0.2, 0.25) is 0 Å². The minimum absolute atomic E-state index is 0.0513. The van der Waals surface area contributed by atoms with E-state index in [1.54, 1.807) is 0 Å². The molecule has 2 aromatic rings. The maximum atomic E-state index is 13.4. The molecule has 0 saturated carbocycles. The maximum Gasteiger partial charge on any atom is 0.242 e. The molecule has 1 fully saturated rings. The largest absolute Gasteiger partial charge is 0.398 e. The lowest BCUT2D eigenvalue weighted by atomic mass is 10.1. The first-order valence-corrected chi connectivity index (χ1v) is 9.76. The molecular weight excluding hydrogens is 341 g/mol. The second-order valence-electron chi connectivity index (χ2n) is 6.34. The number of anilines is 1. The summed E-state index contributed by atoms with van der Waals surface area (Å²) in [6, 6.07) is 13.4. The normalized spacial score (nSPS) is 16.8. The highest BCUT2D eigenvalue weighted by molar-refractivity contribution is 7.89. The van der Waals surface area contributed by atoms with Crippen LogP contribution in [0, 0.1) is 5.82 Å². The summed E-state index contributed by atoms with van der Waals surface area (Å²) in [7, 11) is -3.82. The highest BCUT2D eigenvalue weighted by atomic mass is 32.2. The zero-order chi connectivity index (χ0) is 17.9. The smallest absolute Gasteiger partial charge is 0.242 e. The van der Waals surface area contributed by atoms with Gasteiger partial charge in [0.1, 0.15) is 10.7 Å². The number of hydrogen-bond acceptors (Lipinski definition) is 4. The van der Waals surface area contributed by atoms with Crippen molar-refractivity contribution in [1.29, 1.82) is 0 Å². The maximum absolute atomic E-state index is 13.4. The zero-order valence-corrected chi connectivity index (χ0v) is 14.7. The quantitative estimate of drug-likeness (QED) is 0.800. The topological polar surface area (TPSA) is 75.4 Å². The summed E-state index contributed by atoms with van der Waals surface area (Å²) in [5.74, 6) is -0.618. The van der Waals surface area contributed by atoms with E-state index in [1.807, 2.05) is 18.2 Å². The molecule has 3 rings (SSSR count). The van der Waals surface area contributed by atoms with Crippen LogP contribution >= 0.6 is 0 Å². The van der Waals surface area contributed by atoms with E-state index in [0.717, 1.165) is 31.8 Å². The van der Waals surface area contributed by atoms with Crippen molar-refractivity contribution in [3.05, 3.63) is 59.9 Å². The summed E-state index contributed by atoms with van der Waals surface area (Å²) in [5, 5.41) is 0. The van der Waals surface area contributed by atoms with E-state index in [9.17, 15) is 12.8 Å². The van der Waals surface area contributed by atoms with Crippen molar-refractivity contribution in [2.24, 2.45) is 0 Å². The van der Waals surface area contributed by atoms with Gasteiger partial charge in [-0.1, -0.05) is 30.3 Å². The Morgan fingerprint density at radius 1 is 1.12 bits per heavy atom. The molecule has 0 atom stereocenters. The van der Waals surface area contributed by atoms with Gasteiger partial charge in [0.2, 0.25) is 10.0 Å². The van der Waals surface area contributed by atoms with Crippen molar-refractivity contribution in [3.8, 4) is 0 Å². The number of nitrogens with two attached hydrogens (primary N) is 1. The van der Waals surface area contributed by atoms with E-state index in [4.69, 9.17) is 5.73 Å². The molecule has 0 aliphatic carbocycles. The second-order valence-corrected chi connectivity index (χ2v) is 8.02. The van der Waals surface area contributed by atoms with Crippen molar-refractivity contribution in [2.45, 2.75) is 30.3 Å². The standard InChI is InChI=1S/C18H22FN3O2S/c19-15-6-7-17(20)18(12-15)25(23,24)21-16-8-10-22(11-9-16)13-14-4-2-1-3-5-14/h1-7,12,16,21H,8-11,13,20H2. The average Bonchev–Trinajstić information content (AvgIpc) is 2.59. The van der Waals surface area contributed by atoms with E-state index in [0.29, 0.717) is 12.8 Å². The fourth-order valence-electron chi connectivity index (χ4n) is 3.07. The van der Waals surface area contributed by atoms with Gasteiger partial charge in [-0.3, -0.25) is 4.90 Å². The highest BCUT2D eigenvalue weighted by Gasteiger charge is 2.26. The van der Waals surface area contributed by atoms with Crippen LogP contribution in [0.15, 0.2) is 53.4 Å². The van der Waals surface area contributed by atoms with Crippen LogP contribution in [-0.4, -0.2) is 32.4 Å².